The van der Waals surface area contributed by atoms with Crippen LogP contribution < -0.4 is 0 Å². The molecule has 0 aromatic rings. The van der Waals surface area contributed by atoms with E-state index in [0.717, 1.165) is 19.5 Å². The first-order valence-corrected chi connectivity index (χ1v) is 5.22. The van der Waals surface area contributed by atoms with E-state index in [1.54, 1.807) is 6.92 Å². The Hall–Kier alpha value is -0.830. The predicted octanol–water partition coefficient (Wildman–Crippen LogP) is 2.14. The lowest BCUT2D eigenvalue weighted by atomic mass is 10.1. The molecule has 14 heavy (non-hydrogen) atoms. The predicted molar refractivity (Wildman–Crippen MR) is 58.4 cm³/mol. The van der Waals surface area contributed by atoms with Crippen LogP contribution in [0.25, 0.3) is 0 Å². The van der Waals surface area contributed by atoms with Gasteiger partial charge >= 0.3 is 5.97 Å². The molecule has 1 unspecified atom stereocenters. The molecule has 0 aliphatic carbocycles. The van der Waals surface area contributed by atoms with Crippen molar-refractivity contribution in [1.82, 2.24) is 4.90 Å². The number of rotatable bonds is 6. The second-order valence-electron chi connectivity index (χ2n) is 3.35. The van der Waals surface area contributed by atoms with Gasteiger partial charge in [-0.15, -0.1) is 0 Å². The molecule has 0 rings (SSSR count). The minimum Gasteiger partial charge on any atom is -0.478 e. The molecule has 0 aromatic heterocycles. The fourth-order valence-electron chi connectivity index (χ4n) is 1.53. The molecular weight excluding hydrogens is 178 g/mol. The van der Waals surface area contributed by atoms with Crippen molar-refractivity contribution in [2.45, 2.75) is 40.2 Å². The molecule has 0 aliphatic heterocycles. The van der Waals surface area contributed by atoms with Crippen molar-refractivity contribution in [3.63, 3.8) is 0 Å². The van der Waals surface area contributed by atoms with Crippen molar-refractivity contribution < 1.29 is 9.90 Å². The standard InChI is InChI=1S/C11H21NO2/c1-5-10(12(6-2)7-3)8-9(4)11(13)14/h8,10H,5-7H2,1-4H3,(H,13,14)/b9-8+. The zero-order chi connectivity index (χ0) is 11.1. The molecule has 0 fully saturated rings. The highest BCUT2D eigenvalue weighted by molar-refractivity contribution is 5.85. The van der Waals surface area contributed by atoms with Gasteiger partial charge in [-0.05, 0) is 26.4 Å². The normalized spacial score (nSPS) is 14.5. The second-order valence-corrected chi connectivity index (χ2v) is 3.35. The van der Waals surface area contributed by atoms with E-state index in [-0.39, 0.29) is 6.04 Å². The Labute approximate surface area is 86.4 Å². The molecular formula is C11H21NO2. The molecule has 1 N–H and O–H groups in total. The van der Waals surface area contributed by atoms with Crippen LogP contribution >= 0.6 is 0 Å². The fraction of sp³-hybridized carbons (Fsp3) is 0.727. The highest BCUT2D eigenvalue weighted by Gasteiger charge is 2.12. The summed E-state index contributed by atoms with van der Waals surface area (Å²) < 4.78 is 0. The van der Waals surface area contributed by atoms with Crippen LogP contribution in [-0.4, -0.2) is 35.1 Å². The van der Waals surface area contributed by atoms with Crippen molar-refractivity contribution in [1.29, 1.82) is 0 Å². The Morgan fingerprint density at radius 3 is 2.14 bits per heavy atom. The molecule has 0 bridgehead atoms. The highest BCUT2D eigenvalue weighted by Crippen LogP contribution is 2.08. The van der Waals surface area contributed by atoms with Crippen LogP contribution in [0.1, 0.15) is 34.1 Å². The van der Waals surface area contributed by atoms with Crippen LogP contribution in [0.4, 0.5) is 0 Å². The molecule has 0 aliphatic rings. The summed E-state index contributed by atoms with van der Waals surface area (Å²) in [7, 11) is 0. The molecule has 0 aromatic carbocycles. The Morgan fingerprint density at radius 1 is 1.36 bits per heavy atom. The maximum atomic E-state index is 10.7. The molecule has 0 saturated carbocycles. The van der Waals surface area contributed by atoms with E-state index in [0.29, 0.717) is 5.57 Å². The van der Waals surface area contributed by atoms with E-state index >= 15 is 0 Å². The van der Waals surface area contributed by atoms with Crippen LogP contribution in [0.5, 0.6) is 0 Å². The first-order valence-electron chi connectivity index (χ1n) is 5.22. The minimum absolute atomic E-state index is 0.251. The summed E-state index contributed by atoms with van der Waals surface area (Å²) in [6, 6.07) is 0.251. The lowest BCUT2D eigenvalue weighted by Gasteiger charge is -2.26. The van der Waals surface area contributed by atoms with Crippen LogP contribution in [0.15, 0.2) is 11.6 Å². The van der Waals surface area contributed by atoms with Crippen molar-refractivity contribution in [2.75, 3.05) is 13.1 Å². The third kappa shape index (κ3) is 3.92. The second kappa shape index (κ2) is 6.60. The van der Waals surface area contributed by atoms with Gasteiger partial charge in [-0.25, -0.2) is 4.79 Å². The number of hydrogen-bond acceptors (Lipinski definition) is 2. The van der Waals surface area contributed by atoms with E-state index < -0.39 is 5.97 Å². The first-order chi connectivity index (χ1) is 6.56. The lowest BCUT2D eigenvalue weighted by molar-refractivity contribution is -0.132. The number of likely N-dealkylation sites (N-methyl/N-ethyl adjacent to an activating group) is 1. The van der Waals surface area contributed by atoms with Gasteiger partial charge in [-0.3, -0.25) is 4.90 Å². The van der Waals surface area contributed by atoms with Gasteiger partial charge in [0.05, 0.1) is 0 Å². The molecule has 0 amide bonds. The average molecular weight is 199 g/mol. The van der Waals surface area contributed by atoms with Crippen LogP contribution in [-0.2, 0) is 4.79 Å². The topological polar surface area (TPSA) is 40.5 Å². The van der Waals surface area contributed by atoms with Gasteiger partial charge in [-0.1, -0.05) is 26.8 Å². The van der Waals surface area contributed by atoms with Crippen LogP contribution in [0.2, 0.25) is 0 Å². The first kappa shape index (κ1) is 13.2. The summed E-state index contributed by atoms with van der Waals surface area (Å²) >= 11 is 0. The van der Waals surface area contributed by atoms with Crippen molar-refractivity contribution >= 4 is 5.97 Å². The lowest BCUT2D eigenvalue weighted by Crippen LogP contribution is -2.33. The van der Waals surface area contributed by atoms with Gasteiger partial charge in [0.2, 0.25) is 0 Å². The van der Waals surface area contributed by atoms with E-state index in [9.17, 15) is 4.79 Å². The number of carbonyl (C=O) groups is 1. The Bertz CT molecular complexity index is 207. The molecule has 0 saturated heterocycles. The van der Waals surface area contributed by atoms with Gasteiger partial charge in [0, 0.05) is 11.6 Å². The summed E-state index contributed by atoms with van der Waals surface area (Å²) in [6.07, 6.45) is 2.79. The number of hydrogen-bond donors (Lipinski definition) is 1. The molecule has 1 atom stereocenters. The third-order valence-corrected chi connectivity index (χ3v) is 2.48. The molecule has 0 spiro atoms. The number of nitrogens with zero attached hydrogens (tertiary/aromatic N) is 1. The van der Waals surface area contributed by atoms with E-state index in [1.165, 1.54) is 0 Å². The van der Waals surface area contributed by atoms with Crippen LogP contribution in [0.3, 0.4) is 0 Å². The van der Waals surface area contributed by atoms with Crippen molar-refractivity contribution in [2.24, 2.45) is 0 Å². The summed E-state index contributed by atoms with van der Waals surface area (Å²) in [5, 5.41) is 8.77. The minimum atomic E-state index is -0.824. The molecule has 0 radical (unpaired) electrons. The summed E-state index contributed by atoms with van der Waals surface area (Å²) in [5.74, 6) is -0.824. The Balaban J connectivity index is 4.55. The van der Waals surface area contributed by atoms with Crippen molar-refractivity contribution in [3.05, 3.63) is 11.6 Å². The Morgan fingerprint density at radius 2 is 1.86 bits per heavy atom. The van der Waals surface area contributed by atoms with Gasteiger partial charge in [0.1, 0.15) is 0 Å². The molecule has 0 heterocycles. The quantitative estimate of drug-likeness (QED) is 0.666. The van der Waals surface area contributed by atoms with Crippen LogP contribution in [0, 0.1) is 0 Å². The number of carboxylic acid groups (broad SMARTS) is 1. The number of carboxylic acids is 1. The summed E-state index contributed by atoms with van der Waals surface area (Å²) in [6.45, 7) is 9.83. The van der Waals surface area contributed by atoms with E-state index in [1.807, 2.05) is 6.08 Å². The summed E-state index contributed by atoms with van der Waals surface area (Å²) in [5.41, 5.74) is 0.434. The van der Waals surface area contributed by atoms with Gasteiger partial charge in [0.25, 0.3) is 0 Å². The largest absolute Gasteiger partial charge is 0.478 e. The third-order valence-electron chi connectivity index (χ3n) is 2.48. The van der Waals surface area contributed by atoms with E-state index in [2.05, 4.69) is 25.7 Å². The zero-order valence-corrected chi connectivity index (χ0v) is 9.58. The van der Waals surface area contributed by atoms with E-state index in [4.69, 9.17) is 5.11 Å². The maximum absolute atomic E-state index is 10.7. The summed E-state index contributed by atoms with van der Waals surface area (Å²) in [4.78, 5) is 12.9. The zero-order valence-electron chi connectivity index (χ0n) is 9.58. The monoisotopic (exact) mass is 199 g/mol. The fourth-order valence-corrected chi connectivity index (χ4v) is 1.53. The maximum Gasteiger partial charge on any atom is 0.331 e. The molecule has 3 nitrogen and oxygen atoms in total. The Kier molecular flexibility index (Phi) is 6.21. The molecule has 82 valence electrons. The SMILES string of the molecule is CCC(/C=C(\C)C(=O)O)N(CC)CC. The van der Waals surface area contributed by atoms with Gasteiger partial charge < -0.3 is 5.11 Å². The smallest absolute Gasteiger partial charge is 0.331 e. The van der Waals surface area contributed by atoms with Crippen molar-refractivity contribution in [3.8, 4) is 0 Å². The van der Waals surface area contributed by atoms with Gasteiger partial charge in [0.15, 0.2) is 0 Å². The molecule has 3 heteroatoms. The van der Waals surface area contributed by atoms with Gasteiger partial charge in [-0.2, -0.15) is 0 Å². The number of aliphatic carboxylic acids is 1. The average Bonchev–Trinajstić information content (AvgIpc) is 2.17. The highest BCUT2D eigenvalue weighted by atomic mass is 16.4.